The molecule has 3 rings (SSSR count). The van der Waals surface area contributed by atoms with E-state index in [1.54, 1.807) is 6.20 Å². The maximum absolute atomic E-state index is 12.3. The lowest BCUT2D eigenvalue weighted by Crippen LogP contribution is -2.34. The number of pyridine rings is 1. The minimum Gasteiger partial charge on any atom is -0.341 e. The van der Waals surface area contributed by atoms with Crippen LogP contribution in [0.4, 0.5) is 0 Å². The molecule has 0 aromatic carbocycles. The fourth-order valence-electron chi connectivity index (χ4n) is 2.39. The number of aromatic nitrogens is 1. The van der Waals surface area contributed by atoms with Crippen molar-refractivity contribution in [1.29, 1.82) is 0 Å². The van der Waals surface area contributed by atoms with Gasteiger partial charge in [0.25, 0.3) is 5.56 Å². The lowest BCUT2D eigenvalue weighted by Gasteiger charge is -2.15. The number of thiophene rings is 1. The molecule has 0 N–H and O–H groups in total. The maximum Gasteiger partial charge on any atom is 0.260 e. The van der Waals surface area contributed by atoms with Crippen molar-refractivity contribution >= 4 is 43.3 Å². The van der Waals surface area contributed by atoms with Crippen molar-refractivity contribution < 1.29 is 4.79 Å². The molecular formula is C13H13BrN2O2S. The molecule has 0 radical (unpaired) electrons. The van der Waals surface area contributed by atoms with E-state index in [9.17, 15) is 9.59 Å². The standard InChI is InChI=1S/C13H13BrN2O2S/c14-9-8-19-10-3-6-16(13(18)12(9)10)7-11(17)15-4-1-2-5-15/h3,6,8H,1-2,4-5,7H2. The summed E-state index contributed by atoms with van der Waals surface area (Å²) in [5, 5.41) is 2.57. The summed E-state index contributed by atoms with van der Waals surface area (Å²) in [5.41, 5.74) is -0.0989. The van der Waals surface area contributed by atoms with Gasteiger partial charge in [-0.05, 0) is 34.8 Å². The highest BCUT2D eigenvalue weighted by molar-refractivity contribution is 9.10. The molecule has 100 valence electrons. The summed E-state index contributed by atoms with van der Waals surface area (Å²) in [6.45, 7) is 1.77. The quantitative estimate of drug-likeness (QED) is 0.842. The number of amides is 1. The molecule has 0 saturated carbocycles. The first kappa shape index (κ1) is 12.9. The van der Waals surface area contributed by atoms with E-state index in [1.165, 1.54) is 15.9 Å². The highest BCUT2D eigenvalue weighted by Crippen LogP contribution is 2.27. The fraction of sp³-hybridized carbons (Fsp3) is 0.385. The van der Waals surface area contributed by atoms with E-state index in [-0.39, 0.29) is 18.0 Å². The van der Waals surface area contributed by atoms with Crippen molar-refractivity contribution in [3.63, 3.8) is 0 Å². The monoisotopic (exact) mass is 340 g/mol. The molecule has 0 bridgehead atoms. The van der Waals surface area contributed by atoms with E-state index in [4.69, 9.17) is 0 Å². The summed E-state index contributed by atoms with van der Waals surface area (Å²) in [7, 11) is 0. The third-order valence-electron chi connectivity index (χ3n) is 3.42. The number of fused-ring (bicyclic) bond motifs is 1. The Morgan fingerprint density at radius 1 is 1.37 bits per heavy atom. The molecule has 3 heterocycles. The molecule has 19 heavy (non-hydrogen) atoms. The van der Waals surface area contributed by atoms with Crippen molar-refractivity contribution in [1.82, 2.24) is 9.47 Å². The average molecular weight is 341 g/mol. The van der Waals surface area contributed by atoms with Crippen molar-refractivity contribution in [3.05, 3.63) is 32.5 Å². The molecule has 4 nitrogen and oxygen atoms in total. The third kappa shape index (κ3) is 2.34. The van der Waals surface area contributed by atoms with Crippen molar-refractivity contribution in [2.45, 2.75) is 19.4 Å². The SMILES string of the molecule is O=C(Cn1ccc2scc(Br)c2c1=O)N1CCCC1. The van der Waals surface area contributed by atoms with Crippen LogP contribution in [-0.4, -0.2) is 28.5 Å². The van der Waals surface area contributed by atoms with Gasteiger partial charge in [0, 0.05) is 33.8 Å². The second kappa shape index (κ2) is 5.09. The number of carbonyl (C=O) groups is 1. The van der Waals surface area contributed by atoms with Crippen LogP contribution < -0.4 is 5.56 Å². The van der Waals surface area contributed by atoms with Gasteiger partial charge < -0.3 is 9.47 Å². The Kier molecular flexibility index (Phi) is 3.45. The Bertz CT molecular complexity index is 685. The van der Waals surface area contributed by atoms with Crippen LogP contribution in [0.25, 0.3) is 10.1 Å². The van der Waals surface area contributed by atoms with Gasteiger partial charge in [-0.25, -0.2) is 0 Å². The van der Waals surface area contributed by atoms with Gasteiger partial charge in [-0.15, -0.1) is 11.3 Å². The predicted octanol–water partition coefficient (Wildman–Crippen LogP) is 2.45. The smallest absolute Gasteiger partial charge is 0.260 e. The van der Waals surface area contributed by atoms with E-state index in [1.807, 2.05) is 16.3 Å². The topological polar surface area (TPSA) is 42.3 Å². The van der Waals surface area contributed by atoms with Crippen LogP contribution in [0.1, 0.15) is 12.8 Å². The summed E-state index contributed by atoms with van der Waals surface area (Å²) in [4.78, 5) is 26.2. The summed E-state index contributed by atoms with van der Waals surface area (Å²) >= 11 is 4.91. The van der Waals surface area contributed by atoms with Gasteiger partial charge in [-0.1, -0.05) is 0 Å². The Balaban J connectivity index is 1.92. The Morgan fingerprint density at radius 3 is 2.84 bits per heavy atom. The van der Waals surface area contributed by atoms with Gasteiger partial charge in [-0.2, -0.15) is 0 Å². The molecule has 1 aliphatic rings. The first-order valence-electron chi connectivity index (χ1n) is 6.21. The van der Waals surface area contributed by atoms with Crippen LogP contribution in [0.15, 0.2) is 26.9 Å². The Labute approximate surface area is 122 Å². The molecule has 2 aromatic rings. The van der Waals surface area contributed by atoms with E-state index in [0.717, 1.165) is 35.1 Å². The molecule has 0 spiro atoms. The number of hydrogen-bond acceptors (Lipinski definition) is 3. The van der Waals surface area contributed by atoms with Gasteiger partial charge in [0.2, 0.25) is 5.91 Å². The largest absolute Gasteiger partial charge is 0.341 e. The van der Waals surface area contributed by atoms with Crippen LogP contribution in [-0.2, 0) is 11.3 Å². The van der Waals surface area contributed by atoms with Crippen LogP contribution in [0.5, 0.6) is 0 Å². The van der Waals surface area contributed by atoms with Crippen LogP contribution in [0.3, 0.4) is 0 Å². The zero-order valence-corrected chi connectivity index (χ0v) is 12.7. The molecule has 1 aliphatic heterocycles. The molecule has 1 amide bonds. The Hall–Kier alpha value is -1.14. The van der Waals surface area contributed by atoms with Crippen LogP contribution >= 0.6 is 27.3 Å². The molecule has 1 saturated heterocycles. The second-order valence-corrected chi connectivity index (χ2v) is 6.43. The lowest BCUT2D eigenvalue weighted by atomic mass is 10.3. The van der Waals surface area contributed by atoms with Gasteiger partial charge >= 0.3 is 0 Å². The molecule has 6 heteroatoms. The first-order valence-corrected chi connectivity index (χ1v) is 7.88. The minimum atomic E-state index is -0.0989. The van der Waals surface area contributed by atoms with Gasteiger partial charge in [0.15, 0.2) is 0 Å². The van der Waals surface area contributed by atoms with Gasteiger partial charge in [0.05, 0.1) is 5.39 Å². The minimum absolute atomic E-state index is 0.0327. The predicted molar refractivity (Wildman–Crippen MR) is 79.6 cm³/mol. The summed E-state index contributed by atoms with van der Waals surface area (Å²) in [5.74, 6) is 0.0327. The number of hydrogen-bond donors (Lipinski definition) is 0. The zero-order chi connectivity index (χ0) is 13.4. The van der Waals surface area contributed by atoms with Crippen LogP contribution in [0, 0.1) is 0 Å². The van der Waals surface area contributed by atoms with E-state index in [0.29, 0.717) is 5.39 Å². The molecule has 0 atom stereocenters. The van der Waals surface area contributed by atoms with Crippen molar-refractivity contribution in [2.75, 3.05) is 13.1 Å². The average Bonchev–Trinajstić information content (AvgIpc) is 3.03. The Morgan fingerprint density at radius 2 is 2.11 bits per heavy atom. The first-order chi connectivity index (χ1) is 9.16. The van der Waals surface area contributed by atoms with E-state index < -0.39 is 0 Å². The number of rotatable bonds is 2. The molecule has 2 aromatic heterocycles. The number of halogens is 1. The summed E-state index contributed by atoms with van der Waals surface area (Å²) in [6, 6.07) is 1.89. The fourth-order valence-corrected chi connectivity index (χ4v) is 3.98. The lowest BCUT2D eigenvalue weighted by molar-refractivity contribution is -0.130. The van der Waals surface area contributed by atoms with E-state index >= 15 is 0 Å². The molecule has 0 aliphatic carbocycles. The van der Waals surface area contributed by atoms with Crippen molar-refractivity contribution in [2.24, 2.45) is 0 Å². The summed E-state index contributed by atoms with van der Waals surface area (Å²) < 4.78 is 3.25. The normalized spacial score (nSPS) is 15.3. The molecular weight excluding hydrogens is 328 g/mol. The zero-order valence-electron chi connectivity index (χ0n) is 10.3. The number of nitrogens with zero attached hydrogens (tertiary/aromatic N) is 2. The number of likely N-dealkylation sites (tertiary alicyclic amines) is 1. The van der Waals surface area contributed by atoms with E-state index in [2.05, 4.69) is 15.9 Å². The molecule has 0 unspecified atom stereocenters. The highest BCUT2D eigenvalue weighted by Gasteiger charge is 2.19. The highest BCUT2D eigenvalue weighted by atomic mass is 79.9. The second-order valence-electron chi connectivity index (χ2n) is 4.66. The molecule has 1 fully saturated rings. The van der Waals surface area contributed by atoms with Crippen LogP contribution in [0.2, 0.25) is 0 Å². The van der Waals surface area contributed by atoms with Crippen molar-refractivity contribution in [3.8, 4) is 0 Å². The third-order valence-corrected chi connectivity index (χ3v) is 5.30. The number of carbonyl (C=O) groups excluding carboxylic acids is 1. The van der Waals surface area contributed by atoms with Gasteiger partial charge in [0.1, 0.15) is 6.54 Å². The summed E-state index contributed by atoms with van der Waals surface area (Å²) in [6.07, 6.45) is 3.84. The maximum atomic E-state index is 12.3. The van der Waals surface area contributed by atoms with Gasteiger partial charge in [-0.3, -0.25) is 9.59 Å².